The van der Waals surface area contributed by atoms with Gasteiger partial charge in [0.05, 0.1) is 6.20 Å². The summed E-state index contributed by atoms with van der Waals surface area (Å²) in [5, 5.41) is 6.80. The minimum absolute atomic E-state index is 0.239. The molecule has 0 spiro atoms. The summed E-state index contributed by atoms with van der Waals surface area (Å²) in [7, 11) is 1.79. The number of halogens is 1. The second-order valence-electron chi connectivity index (χ2n) is 5.62. The monoisotopic (exact) mass is 284 g/mol. The lowest BCUT2D eigenvalue weighted by Gasteiger charge is -2.25. The van der Waals surface area contributed by atoms with E-state index in [-0.39, 0.29) is 5.41 Å². The molecule has 0 radical (unpaired) electrons. The number of hydrogen-bond donors (Lipinski definition) is 2. The van der Waals surface area contributed by atoms with E-state index in [1.165, 1.54) is 25.7 Å². The first-order chi connectivity index (χ1) is 8.98. The fraction of sp³-hybridized carbons (Fsp3) is 0.714. The van der Waals surface area contributed by atoms with E-state index in [1.807, 2.05) is 0 Å². The molecule has 5 heteroatoms. The summed E-state index contributed by atoms with van der Waals surface area (Å²) in [6.45, 7) is 7.62. The molecule has 1 rings (SSSR count). The zero-order valence-corrected chi connectivity index (χ0v) is 13.1. The largest absolute Gasteiger partial charge is 0.368 e. The molecule has 0 aliphatic carbocycles. The first kappa shape index (κ1) is 16.0. The van der Waals surface area contributed by atoms with Gasteiger partial charge in [-0.05, 0) is 11.8 Å². The van der Waals surface area contributed by atoms with Crippen molar-refractivity contribution < 1.29 is 0 Å². The Morgan fingerprint density at radius 1 is 1.32 bits per heavy atom. The van der Waals surface area contributed by atoms with Crippen LogP contribution >= 0.6 is 11.6 Å². The Balaban J connectivity index is 2.55. The quantitative estimate of drug-likeness (QED) is 0.703. The summed E-state index contributed by atoms with van der Waals surface area (Å²) < 4.78 is 0. The predicted octanol–water partition coefficient (Wildman–Crippen LogP) is 4.19. The van der Waals surface area contributed by atoms with Crippen LogP contribution < -0.4 is 10.6 Å². The van der Waals surface area contributed by atoms with Gasteiger partial charge in [-0.25, -0.2) is 4.98 Å². The van der Waals surface area contributed by atoms with Crippen molar-refractivity contribution in [2.45, 2.75) is 46.5 Å². The molecule has 0 atom stereocenters. The summed E-state index contributed by atoms with van der Waals surface area (Å²) >= 11 is 6.09. The lowest BCUT2D eigenvalue weighted by atomic mass is 9.87. The second kappa shape index (κ2) is 7.53. The number of rotatable bonds is 8. The minimum Gasteiger partial charge on any atom is -0.368 e. The van der Waals surface area contributed by atoms with Crippen LogP contribution in [0.25, 0.3) is 0 Å². The summed E-state index contributed by atoms with van der Waals surface area (Å²) in [4.78, 5) is 8.39. The molecule has 0 saturated carbocycles. The van der Waals surface area contributed by atoms with Gasteiger partial charge in [0.2, 0.25) is 5.95 Å². The van der Waals surface area contributed by atoms with Crippen LogP contribution in [0.15, 0.2) is 6.20 Å². The van der Waals surface area contributed by atoms with Gasteiger partial charge in [-0.2, -0.15) is 4.98 Å². The molecule has 1 aromatic rings. The molecule has 108 valence electrons. The Morgan fingerprint density at radius 2 is 2.05 bits per heavy atom. The summed E-state index contributed by atoms with van der Waals surface area (Å²) in [6, 6.07) is 0. The van der Waals surface area contributed by atoms with E-state index in [1.54, 1.807) is 13.2 Å². The number of nitrogens with zero attached hydrogens (tertiary/aromatic N) is 2. The van der Waals surface area contributed by atoms with Crippen LogP contribution in [-0.4, -0.2) is 23.6 Å². The van der Waals surface area contributed by atoms with E-state index in [0.29, 0.717) is 16.8 Å². The maximum absolute atomic E-state index is 6.09. The first-order valence-corrected chi connectivity index (χ1v) is 7.30. The zero-order valence-electron chi connectivity index (χ0n) is 12.4. The van der Waals surface area contributed by atoms with Crippen molar-refractivity contribution >= 4 is 23.4 Å². The SMILES string of the molecule is CCCCCC(C)(C)CNc1nc(NC)ncc1Cl. The molecule has 4 nitrogen and oxygen atoms in total. The predicted molar refractivity (Wildman–Crippen MR) is 83.0 cm³/mol. The van der Waals surface area contributed by atoms with E-state index in [0.717, 1.165) is 6.54 Å². The van der Waals surface area contributed by atoms with Gasteiger partial charge in [0, 0.05) is 13.6 Å². The van der Waals surface area contributed by atoms with Gasteiger partial charge < -0.3 is 10.6 Å². The van der Waals surface area contributed by atoms with E-state index >= 15 is 0 Å². The van der Waals surface area contributed by atoms with E-state index in [2.05, 4.69) is 41.4 Å². The Bertz CT molecular complexity index is 393. The van der Waals surface area contributed by atoms with Gasteiger partial charge in [0.1, 0.15) is 5.02 Å². The summed E-state index contributed by atoms with van der Waals surface area (Å²) in [5.74, 6) is 1.28. The van der Waals surface area contributed by atoms with Crippen LogP contribution in [0.4, 0.5) is 11.8 Å². The van der Waals surface area contributed by atoms with E-state index < -0.39 is 0 Å². The van der Waals surface area contributed by atoms with Gasteiger partial charge in [-0.15, -0.1) is 0 Å². The Hall–Kier alpha value is -1.03. The Labute approximate surface area is 121 Å². The molecule has 0 unspecified atom stereocenters. The highest BCUT2D eigenvalue weighted by Crippen LogP contribution is 2.26. The third-order valence-electron chi connectivity index (χ3n) is 3.16. The van der Waals surface area contributed by atoms with Crippen molar-refractivity contribution in [2.75, 3.05) is 24.2 Å². The fourth-order valence-electron chi connectivity index (χ4n) is 1.88. The van der Waals surface area contributed by atoms with Crippen molar-refractivity contribution in [1.29, 1.82) is 0 Å². The molecule has 0 amide bonds. The molecule has 0 aromatic carbocycles. The Morgan fingerprint density at radius 3 is 2.68 bits per heavy atom. The molecular weight excluding hydrogens is 260 g/mol. The van der Waals surface area contributed by atoms with Crippen LogP contribution in [0.2, 0.25) is 5.02 Å². The number of anilines is 2. The smallest absolute Gasteiger partial charge is 0.224 e. The molecular formula is C14H25ClN4. The number of hydrogen-bond acceptors (Lipinski definition) is 4. The van der Waals surface area contributed by atoms with Crippen LogP contribution in [0.1, 0.15) is 46.5 Å². The molecule has 1 heterocycles. The highest BCUT2D eigenvalue weighted by molar-refractivity contribution is 6.32. The van der Waals surface area contributed by atoms with Gasteiger partial charge in [0.15, 0.2) is 5.82 Å². The number of unbranched alkanes of at least 4 members (excludes halogenated alkanes) is 2. The first-order valence-electron chi connectivity index (χ1n) is 6.92. The highest BCUT2D eigenvalue weighted by Gasteiger charge is 2.18. The fourth-order valence-corrected chi connectivity index (χ4v) is 2.03. The Kier molecular flexibility index (Phi) is 6.35. The normalized spacial score (nSPS) is 11.4. The lowest BCUT2D eigenvalue weighted by molar-refractivity contribution is 0.342. The summed E-state index contributed by atoms with van der Waals surface area (Å²) in [5.41, 5.74) is 0.239. The van der Waals surface area contributed by atoms with Gasteiger partial charge in [-0.3, -0.25) is 0 Å². The van der Waals surface area contributed by atoms with Crippen molar-refractivity contribution in [3.05, 3.63) is 11.2 Å². The van der Waals surface area contributed by atoms with Gasteiger partial charge in [0.25, 0.3) is 0 Å². The molecule has 19 heavy (non-hydrogen) atoms. The molecule has 1 aromatic heterocycles. The van der Waals surface area contributed by atoms with Crippen LogP contribution in [0.3, 0.4) is 0 Å². The summed E-state index contributed by atoms with van der Waals surface area (Å²) in [6.07, 6.45) is 6.64. The minimum atomic E-state index is 0.239. The van der Waals surface area contributed by atoms with Gasteiger partial charge in [-0.1, -0.05) is 51.6 Å². The third-order valence-corrected chi connectivity index (χ3v) is 3.44. The van der Waals surface area contributed by atoms with Crippen LogP contribution in [-0.2, 0) is 0 Å². The van der Waals surface area contributed by atoms with E-state index in [4.69, 9.17) is 11.6 Å². The van der Waals surface area contributed by atoms with Crippen LogP contribution in [0, 0.1) is 5.41 Å². The molecule has 0 saturated heterocycles. The maximum atomic E-state index is 6.09. The molecule has 0 aliphatic rings. The van der Waals surface area contributed by atoms with E-state index in [9.17, 15) is 0 Å². The third kappa shape index (κ3) is 5.64. The molecule has 0 aliphatic heterocycles. The zero-order chi connectivity index (χ0) is 14.3. The second-order valence-corrected chi connectivity index (χ2v) is 6.02. The highest BCUT2D eigenvalue weighted by atomic mass is 35.5. The molecule has 0 bridgehead atoms. The van der Waals surface area contributed by atoms with Crippen molar-refractivity contribution in [1.82, 2.24) is 9.97 Å². The average Bonchev–Trinajstić information content (AvgIpc) is 2.38. The van der Waals surface area contributed by atoms with Crippen LogP contribution in [0.5, 0.6) is 0 Å². The standard InChI is InChI=1S/C14H25ClN4/c1-5-6-7-8-14(2,3)10-18-12-11(15)9-17-13(16-4)19-12/h9H,5-8,10H2,1-4H3,(H2,16,17,18,19). The van der Waals surface area contributed by atoms with Gasteiger partial charge >= 0.3 is 0 Å². The lowest BCUT2D eigenvalue weighted by Crippen LogP contribution is -2.23. The number of nitrogens with one attached hydrogen (secondary N) is 2. The number of aromatic nitrogens is 2. The average molecular weight is 285 g/mol. The maximum Gasteiger partial charge on any atom is 0.224 e. The topological polar surface area (TPSA) is 49.8 Å². The van der Waals surface area contributed by atoms with Crippen molar-refractivity contribution in [3.8, 4) is 0 Å². The molecule has 0 fully saturated rings. The van der Waals surface area contributed by atoms with Crippen molar-refractivity contribution in [2.24, 2.45) is 5.41 Å². The molecule has 2 N–H and O–H groups in total. The van der Waals surface area contributed by atoms with Crippen molar-refractivity contribution in [3.63, 3.8) is 0 Å².